The van der Waals surface area contributed by atoms with Crippen LogP contribution in [0.25, 0.3) is 11.4 Å². The molecule has 0 unspecified atom stereocenters. The number of aromatic nitrogens is 3. The van der Waals surface area contributed by atoms with E-state index in [2.05, 4.69) is 20.3 Å². The Labute approximate surface area is 160 Å². The fourth-order valence-electron chi connectivity index (χ4n) is 2.96. The van der Waals surface area contributed by atoms with E-state index in [4.69, 9.17) is 0 Å². The number of nitrogens with zero attached hydrogens (tertiary/aromatic N) is 5. The Morgan fingerprint density at radius 2 is 1.82 bits per heavy atom. The molecule has 2 aromatic rings. The van der Waals surface area contributed by atoms with E-state index in [-0.39, 0.29) is 24.1 Å². The molecule has 7 nitrogen and oxygen atoms in total. The Kier molecular flexibility index (Phi) is 6.08. The summed E-state index contributed by atoms with van der Waals surface area (Å²) in [7, 11) is 0. The predicted octanol–water partition coefficient (Wildman–Crippen LogP) is 1.82. The highest BCUT2D eigenvalue weighted by molar-refractivity contribution is 5.78. The molecule has 1 saturated heterocycles. The molecular weight excluding hydrogens is 373 g/mol. The number of halogens is 3. The molecule has 1 N–H and O–H groups in total. The first-order chi connectivity index (χ1) is 13.4. The third-order valence-corrected chi connectivity index (χ3v) is 4.38. The van der Waals surface area contributed by atoms with Crippen LogP contribution in [0.1, 0.15) is 12.6 Å². The van der Waals surface area contributed by atoms with Gasteiger partial charge < -0.3 is 10.2 Å². The minimum absolute atomic E-state index is 0.0111. The Morgan fingerprint density at radius 3 is 2.43 bits per heavy atom. The van der Waals surface area contributed by atoms with Gasteiger partial charge in [0.15, 0.2) is 11.5 Å². The van der Waals surface area contributed by atoms with Gasteiger partial charge in [0.05, 0.1) is 6.54 Å². The number of amides is 1. The molecule has 1 amide bonds. The van der Waals surface area contributed by atoms with E-state index in [1.807, 2.05) is 11.8 Å². The van der Waals surface area contributed by atoms with Crippen molar-refractivity contribution in [3.05, 3.63) is 36.3 Å². The van der Waals surface area contributed by atoms with Gasteiger partial charge in [-0.2, -0.15) is 13.2 Å². The highest BCUT2D eigenvalue weighted by atomic mass is 19.4. The lowest BCUT2D eigenvalue weighted by atomic mass is 10.2. The van der Waals surface area contributed by atoms with Crippen molar-refractivity contribution in [2.24, 2.45) is 0 Å². The van der Waals surface area contributed by atoms with Gasteiger partial charge in [0.2, 0.25) is 5.91 Å². The standard InChI is InChI=1S/C18H21F3N6O/c1-2-23-16(28)12-26-7-9-27(10-8-26)15-11-14(18(19,20)21)24-17(25-15)13-3-5-22-6-4-13/h3-6,11H,2,7-10,12H2,1H3,(H,23,28). The number of pyridine rings is 1. The molecule has 1 fully saturated rings. The molecule has 0 bridgehead atoms. The summed E-state index contributed by atoms with van der Waals surface area (Å²) in [5, 5.41) is 2.74. The van der Waals surface area contributed by atoms with Crippen molar-refractivity contribution >= 4 is 11.7 Å². The topological polar surface area (TPSA) is 74.2 Å². The van der Waals surface area contributed by atoms with Gasteiger partial charge in [-0.25, -0.2) is 9.97 Å². The van der Waals surface area contributed by atoms with Crippen LogP contribution in [0.2, 0.25) is 0 Å². The Balaban J connectivity index is 1.79. The third kappa shape index (κ3) is 4.94. The smallest absolute Gasteiger partial charge is 0.355 e. The molecule has 28 heavy (non-hydrogen) atoms. The molecule has 10 heteroatoms. The molecule has 3 rings (SSSR count). The molecule has 0 spiro atoms. The van der Waals surface area contributed by atoms with Gasteiger partial charge >= 0.3 is 6.18 Å². The number of hydrogen-bond donors (Lipinski definition) is 1. The van der Waals surface area contributed by atoms with Gasteiger partial charge in [-0.05, 0) is 19.1 Å². The maximum atomic E-state index is 13.3. The van der Waals surface area contributed by atoms with Gasteiger partial charge in [0.25, 0.3) is 0 Å². The van der Waals surface area contributed by atoms with Crippen molar-refractivity contribution in [2.45, 2.75) is 13.1 Å². The lowest BCUT2D eigenvalue weighted by molar-refractivity contribution is -0.141. The molecule has 150 valence electrons. The van der Waals surface area contributed by atoms with Crippen molar-refractivity contribution in [1.29, 1.82) is 0 Å². The first kappa shape index (κ1) is 20.0. The number of alkyl halides is 3. The van der Waals surface area contributed by atoms with E-state index in [0.29, 0.717) is 38.3 Å². The second-order valence-electron chi connectivity index (χ2n) is 6.39. The van der Waals surface area contributed by atoms with Gasteiger partial charge in [-0.15, -0.1) is 0 Å². The van der Waals surface area contributed by atoms with E-state index in [0.717, 1.165) is 6.07 Å². The zero-order valence-electron chi connectivity index (χ0n) is 15.4. The normalized spacial score (nSPS) is 15.5. The summed E-state index contributed by atoms with van der Waals surface area (Å²) in [4.78, 5) is 27.4. The monoisotopic (exact) mass is 394 g/mol. The van der Waals surface area contributed by atoms with Crippen LogP contribution in [0.15, 0.2) is 30.6 Å². The molecule has 0 atom stereocenters. The van der Waals surface area contributed by atoms with Crippen molar-refractivity contribution in [2.75, 3.05) is 44.2 Å². The van der Waals surface area contributed by atoms with E-state index in [9.17, 15) is 18.0 Å². The maximum Gasteiger partial charge on any atom is 0.433 e. The van der Waals surface area contributed by atoms with E-state index < -0.39 is 11.9 Å². The van der Waals surface area contributed by atoms with Crippen LogP contribution in [-0.4, -0.2) is 65.0 Å². The van der Waals surface area contributed by atoms with Crippen LogP contribution in [0.4, 0.5) is 19.0 Å². The molecule has 1 aliphatic rings. The number of carbonyl (C=O) groups excluding carboxylic acids is 1. The van der Waals surface area contributed by atoms with Crippen molar-refractivity contribution in [1.82, 2.24) is 25.2 Å². The number of piperazine rings is 1. The fourth-order valence-corrected chi connectivity index (χ4v) is 2.96. The summed E-state index contributed by atoms with van der Waals surface area (Å²) < 4.78 is 40.0. The number of carbonyl (C=O) groups is 1. The van der Waals surface area contributed by atoms with Crippen LogP contribution < -0.4 is 10.2 Å². The molecule has 2 aromatic heterocycles. The van der Waals surface area contributed by atoms with Gasteiger partial charge in [0.1, 0.15) is 5.82 Å². The molecule has 0 aromatic carbocycles. The second-order valence-corrected chi connectivity index (χ2v) is 6.39. The van der Waals surface area contributed by atoms with Crippen LogP contribution >= 0.6 is 0 Å². The van der Waals surface area contributed by atoms with Gasteiger partial charge in [0, 0.05) is 56.7 Å². The summed E-state index contributed by atoms with van der Waals surface area (Å²) in [5.41, 5.74) is -0.508. The first-order valence-electron chi connectivity index (χ1n) is 8.97. The van der Waals surface area contributed by atoms with Crippen LogP contribution in [0.5, 0.6) is 0 Å². The van der Waals surface area contributed by atoms with Crippen LogP contribution in [0, 0.1) is 0 Å². The van der Waals surface area contributed by atoms with E-state index >= 15 is 0 Å². The number of anilines is 1. The highest BCUT2D eigenvalue weighted by Crippen LogP contribution is 2.31. The number of nitrogens with one attached hydrogen (secondary N) is 1. The Bertz CT molecular complexity index is 807. The van der Waals surface area contributed by atoms with Crippen LogP contribution in [0.3, 0.4) is 0 Å². The van der Waals surface area contributed by atoms with Crippen molar-refractivity contribution in [3.8, 4) is 11.4 Å². The molecule has 3 heterocycles. The molecule has 0 saturated carbocycles. The number of likely N-dealkylation sites (N-methyl/N-ethyl adjacent to an activating group) is 1. The van der Waals surface area contributed by atoms with Crippen molar-refractivity contribution in [3.63, 3.8) is 0 Å². The second kappa shape index (κ2) is 8.51. The molecule has 1 aliphatic heterocycles. The van der Waals surface area contributed by atoms with Crippen molar-refractivity contribution < 1.29 is 18.0 Å². The SMILES string of the molecule is CCNC(=O)CN1CCN(c2cc(C(F)(F)F)nc(-c3ccncc3)n2)CC1. The molecule has 0 radical (unpaired) electrons. The average Bonchev–Trinajstić information content (AvgIpc) is 2.68. The lowest BCUT2D eigenvalue weighted by Gasteiger charge is -2.35. The van der Waals surface area contributed by atoms with Gasteiger partial charge in [-0.1, -0.05) is 0 Å². The molecule has 0 aliphatic carbocycles. The van der Waals surface area contributed by atoms with Crippen LogP contribution in [-0.2, 0) is 11.0 Å². The Morgan fingerprint density at radius 1 is 1.14 bits per heavy atom. The quantitative estimate of drug-likeness (QED) is 0.834. The number of rotatable bonds is 5. The summed E-state index contributed by atoms with van der Waals surface area (Å²) in [6.45, 7) is 4.77. The average molecular weight is 394 g/mol. The largest absolute Gasteiger partial charge is 0.433 e. The zero-order valence-corrected chi connectivity index (χ0v) is 15.4. The minimum atomic E-state index is -4.57. The summed E-state index contributed by atoms with van der Waals surface area (Å²) in [6.07, 6.45) is -1.60. The minimum Gasteiger partial charge on any atom is -0.355 e. The summed E-state index contributed by atoms with van der Waals surface area (Å²) in [6, 6.07) is 4.12. The first-order valence-corrected chi connectivity index (χ1v) is 8.97. The van der Waals surface area contributed by atoms with E-state index in [1.165, 1.54) is 12.4 Å². The predicted molar refractivity (Wildman–Crippen MR) is 97.6 cm³/mol. The summed E-state index contributed by atoms with van der Waals surface area (Å²) >= 11 is 0. The molecular formula is C18H21F3N6O. The highest BCUT2D eigenvalue weighted by Gasteiger charge is 2.34. The van der Waals surface area contributed by atoms with Gasteiger partial charge in [-0.3, -0.25) is 14.7 Å². The fraction of sp³-hybridized carbons (Fsp3) is 0.444. The third-order valence-electron chi connectivity index (χ3n) is 4.38. The number of hydrogen-bond acceptors (Lipinski definition) is 6. The maximum absolute atomic E-state index is 13.3. The summed E-state index contributed by atoms with van der Waals surface area (Å²) in [5.74, 6) is 0.182. The zero-order chi connectivity index (χ0) is 20.1. The van der Waals surface area contributed by atoms with E-state index in [1.54, 1.807) is 17.0 Å². The lowest BCUT2D eigenvalue weighted by Crippen LogP contribution is -2.49. The Hall–Kier alpha value is -2.75.